The van der Waals surface area contributed by atoms with E-state index in [1.807, 2.05) is 7.05 Å². The lowest BCUT2D eigenvalue weighted by Crippen LogP contribution is -2.05. The summed E-state index contributed by atoms with van der Waals surface area (Å²) >= 11 is 0. The maximum absolute atomic E-state index is 5.22. The van der Waals surface area contributed by atoms with Crippen LogP contribution in [0.2, 0.25) is 0 Å². The van der Waals surface area contributed by atoms with Crippen LogP contribution in [0.25, 0.3) is 11.4 Å². The maximum Gasteiger partial charge on any atom is 0.240 e. The summed E-state index contributed by atoms with van der Waals surface area (Å²) < 4.78 is 5.22. The van der Waals surface area contributed by atoms with Gasteiger partial charge in [0.1, 0.15) is 0 Å². The van der Waals surface area contributed by atoms with E-state index in [2.05, 4.69) is 39.7 Å². The van der Waals surface area contributed by atoms with Gasteiger partial charge in [0.15, 0.2) is 0 Å². The molecule has 0 spiro atoms. The third-order valence-electron chi connectivity index (χ3n) is 4.02. The number of hydrogen-bond acceptors (Lipinski definition) is 4. The Kier molecular flexibility index (Phi) is 4.11. The number of nitrogens with one attached hydrogen (secondary N) is 1. The van der Waals surface area contributed by atoms with Crippen LogP contribution in [0.4, 0.5) is 0 Å². The monoisotopic (exact) mass is 271 g/mol. The van der Waals surface area contributed by atoms with Crippen LogP contribution in [0, 0.1) is 0 Å². The molecule has 3 rings (SSSR count). The summed E-state index contributed by atoms with van der Waals surface area (Å²) in [5, 5.41) is 7.08. The zero-order valence-electron chi connectivity index (χ0n) is 11.9. The van der Waals surface area contributed by atoms with E-state index in [4.69, 9.17) is 4.52 Å². The Hall–Kier alpha value is -1.68. The molecule has 106 valence electrons. The van der Waals surface area contributed by atoms with Crippen LogP contribution in [0.5, 0.6) is 0 Å². The Balaban J connectivity index is 1.82. The smallest absolute Gasteiger partial charge is 0.240 e. The van der Waals surface area contributed by atoms with Gasteiger partial charge in [-0.2, -0.15) is 4.98 Å². The Labute approximate surface area is 119 Å². The van der Waals surface area contributed by atoms with E-state index in [0.717, 1.165) is 5.56 Å². The third kappa shape index (κ3) is 2.90. The highest BCUT2D eigenvalue weighted by molar-refractivity contribution is 5.55. The number of rotatable bonds is 4. The van der Waals surface area contributed by atoms with Crippen LogP contribution < -0.4 is 5.32 Å². The van der Waals surface area contributed by atoms with Gasteiger partial charge in [-0.05, 0) is 37.4 Å². The van der Waals surface area contributed by atoms with Gasteiger partial charge in [-0.1, -0.05) is 42.6 Å². The first-order valence-electron chi connectivity index (χ1n) is 7.44. The fourth-order valence-corrected chi connectivity index (χ4v) is 2.96. The summed E-state index contributed by atoms with van der Waals surface area (Å²) in [6.45, 7) is 0.606. The molecule has 1 aliphatic rings. The molecule has 1 fully saturated rings. The summed E-state index contributed by atoms with van der Waals surface area (Å²) in [6.07, 6.45) is 6.70. The molecular formula is C16H21N3O. The normalized spacial score (nSPS) is 16.4. The predicted octanol–water partition coefficient (Wildman–Crippen LogP) is 3.50. The number of aromatic nitrogens is 2. The zero-order valence-corrected chi connectivity index (χ0v) is 11.9. The minimum Gasteiger partial charge on any atom is -0.338 e. The summed E-state index contributed by atoms with van der Waals surface area (Å²) in [5.41, 5.74) is 2.47. The van der Waals surface area contributed by atoms with Crippen molar-refractivity contribution in [3.05, 3.63) is 35.7 Å². The van der Waals surface area contributed by atoms with Crippen molar-refractivity contribution in [3.63, 3.8) is 0 Å². The lowest BCUT2D eigenvalue weighted by molar-refractivity contribution is 0.372. The molecular weight excluding hydrogens is 250 g/mol. The second kappa shape index (κ2) is 6.18. The average Bonchev–Trinajstić information content (AvgIpc) is 2.97. The van der Waals surface area contributed by atoms with Crippen LogP contribution >= 0.6 is 0 Å². The highest BCUT2D eigenvalue weighted by atomic mass is 16.5. The average molecular weight is 271 g/mol. The van der Waals surface area contributed by atoms with E-state index < -0.39 is 0 Å². The van der Waals surface area contributed by atoms with Crippen LogP contribution in [-0.2, 0) is 6.54 Å². The lowest BCUT2D eigenvalue weighted by Gasteiger charge is -2.22. The lowest BCUT2D eigenvalue weighted by atomic mass is 9.83. The van der Waals surface area contributed by atoms with Crippen molar-refractivity contribution in [2.45, 2.75) is 44.6 Å². The van der Waals surface area contributed by atoms with Gasteiger partial charge in [0.25, 0.3) is 0 Å². The molecule has 0 saturated heterocycles. The Morgan fingerprint density at radius 3 is 2.90 bits per heavy atom. The number of hydrogen-bond donors (Lipinski definition) is 1. The second-order valence-electron chi connectivity index (χ2n) is 5.50. The molecule has 0 atom stereocenters. The molecule has 1 heterocycles. The van der Waals surface area contributed by atoms with Gasteiger partial charge in [-0.15, -0.1) is 0 Å². The molecule has 0 amide bonds. The first-order valence-corrected chi connectivity index (χ1v) is 7.44. The minimum absolute atomic E-state index is 0.606. The van der Waals surface area contributed by atoms with E-state index in [0.29, 0.717) is 24.2 Å². The number of nitrogens with zero attached hydrogens (tertiary/aromatic N) is 2. The first-order chi connectivity index (χ1) is 9.86. The Morgan fingerprint density at radius 2 is 2.10 bits per heavy atom. The van der Waals surface area contributed by atoms with E-state index in [1.165, 1.54) is 37.7 Å². The second-order valence-corrected chi connectivity index (χ2v) is 5.50. The van der Waals surface area contributed by atoms with Gasteiger partial charge in [-0.25, -0.2) is 0 Å². The van der Waals surface area contributed by atoms with E-state index >= 15 is 0 Å². The van der Waals surface area contributed by atoms with Crippen molar-refractivity contribution in [2.24, 2.45) is 0 Å². The quantitative estimate of drug-likeness (QED) is 0.924. The van der Waals surface area contributed by atoms with Crippen molar-refractivity contribution in [2.75, 3.05) is 7.05 Å². The van der Waals surface area contributed by atoms with Gasteiger partial charge in [0, 0.05) is 5.56 Å². The fraction of sp³-hybridized carbons (Fsp3) is 0.500. The molecule has 0 aliphatic heterocycles. The Morgan fingerprint density at radius 1 is 1.25 bits per heavy atom. The summed E-state index contributed by atoms with van der Waals surface area (Å²) in [5.74, 6) is 2.02. The van der Waals surface area contributed by atoms with Crippen molar-refractivity contribution >= 4 is 0 Å². The van der Waals surface area contributed by atoms with Gasteiger partial charge in [0.05, 0.1) is 6.54 Å². The van der Waals surface area contributed by atoms with E-state index in [1.54, 1.807) is 0 Å². The van der Waals surface area contributed by atoms with Crippen LogP contribution in [-0.4, -0.2) is 17.2 Å². The third-order valence-corrected chi connectivity index (χ3v) is 4.02. The molecule has 1 saturated carbocycles. The van der Waals surface area contributed by atoms with Gasteiger partial charge in [0.2, 0.25) is 11.7 Å². The van der Waals surface area contributed by atoms with Gasteiger partial charge in [-0.3, -0.25) is 0 Å². The SMILES string of the molecule is CNCc1nc(-c2cccc(C3CCCCC3)c2)no1. The largest absolute Gasteiger partial charge is 0.338 e. The van der Waals surface area contributed by atoms with Gasteiger partial charge >= 0.3 is 0 Å². The van der Waals surface area contributed by atoms with E-state index in [-0.39, 0.29) is 0 Å². The van der Waals surface area contributed by atoms with Crippen LogP contribution in [0.3, 0.4) is 0 Å². The summed E-state index contributed by atoms with van der Waals surface area (Å²) in [4.78, 5) is 4.42. The molecule has 1 aromatic heterocycles. The van der Waals surface area contributed by atoms with Crippen LogP contribution in [0.15, 0.2) is 28.8 Å². The molecule has 1 aliphatic carbocycles. The van der Waals surface area contributed by atoms with Crippen molar-refractivity contribution in [1.29, 1.82) is 0 Å². The first kappa shape index (κ1) is 13.3. The van der Waals surface area contributed by atoms with E-state index in [9.17, 15) is 0 Å². The number of benzene rings is 1. The molecule has 4 nitrogen and oxygen atoms in total. The molecule has 2 aromatic rings. The predicted molar refractivity (Wildman–Crippen MR) is 78.3 cm³/mol. The molecule has 1 aromatic carbocycles. The maximum atomic E-state index is 5.22. The van der Waals surface area contributed by atoms with Crippen molar-refractivity contribution in [3.8, 4) is 11.4 Å². The zero-order chi connectivity index (χ0) is 13.8. The van der Waals surface area contributed by atoms with Gasteiger partial charge < -0.3 is 9.84 Å². The highest BCUT2D eigenvalue weighted by Crippen LogP contribution is 2.33. The molecule has 4 heteroatoms. The molecule has 0 bridgehead atoms. The van der Waals surface area contributed by atoms with Crippen molar-refractivity contribution in [1.82, 2.24) is 15.5 Å². The molecule has 20 heavy (non-hydrogen) atoms. The van der Waals surface area contributed by atoms with Crippen molar-refractivity contribution < 1.29 is 4.52 Å². The van der Waals surface area contributed by atoms with Crippen LogP contribution in [0.1, 0.15) is 49.5 Å². The molecule has 0 unspecified atom stereocenters. The summed E-state index contributed by atoms with van der Waals surface area (Å²) in [6, 6.07) is 8.62. The fourth-order valence-electron chi connectivity index (χ4n) is 2.96. The molecule has 0 radical (unpaired) electrons. The highest BCUT2D eigenvalue weighted by Gasteiger charge is 2.16. The standard InChI is InChI=1S/C16H21N3O/c1-17-11-15-18-16(19-20-15)14-9-5-8-13(10-14)12-6-3-2-4-7-12/h5,8-10,12,17H,2-4,6-7,11H2,1H3. The summed E-state index contributed by atoms with van der Waals surface area (Å²) in [7, 11) is 1.87. The topological polar surface area (TPSA) is 51.0 Å². The molecule has 1 N–H and O–H groups in total. The Bertz CT molecular complexity index is 558. The minimum atomic E-state index is 0.606.